The summed E-state index contributed by atoms with van der Waals surface area (Å²) in [4.78, 5) is 42.6. The third-order valence-corrected chi connectivity index (χ3v) is 5.19. The number of ketones is 1. The molecule has 0 saturated heterocycles. The molecule has 0 spiro atoms. The molecule has 27 heavy (non-hydrogen) atoms. The van der Waals surface area contributed by atoms with E-state index in [2.05, 4.69) is 4.98 Å². The van der Waals surface area contributed by atoms with E-state index in [9.17, 15) is 14.4 Å². The van der Waals surface area contributed by atoms with Crippen molar-refractivity contribution in [2.75, 3.05) is 17.7 Å². The van der Waals surface area contributed by atoms with Gasteiger partial charge in [0.1, 0.15) is 5.03 Å². The van der Waals surface area contributed by atoms with Crippen molar-refractivity contribution in [2.45, 2.75) is 31.4 Å². The molecule has 2 heterocycles. The highest BCUT2D eigenvalue weighted by molar-refractivity contribution is 7.98. The molecule has 0 saturated carbocycles. The molecule has 140 valence electrons. The van der Waals surface area contributed by atoms with E-state index in [-0.39, 0.29) is 11.7 Å². The Morgan fingerprint density at radius 1 is 1.26 bits per heavy atom. The molecule has 6 nitrogen and oxygen atoms in total. The molecule has 0 aliphatic carbocycles. The van der Waals surface area contributed by atoms with Crippen molar-refractivity contribution in [1.29, 1.82) is 0 Å². The fourth-order valence-corrected chi connectivity index (χ4v) is 3.64. The van der Waals surface area contributed by atoms with Gasteiger partial charge in [-0.15, -0.1) is 11.8 Å². The van der Waals surface area contributed by atoms with Crippen LogP contribution in [0.4, 0.5) is 5.69 Å². The number of anilines is 1. The molecule has 1 unspecified atom stereocenters. The zero-order valence-electron chi connectivity index (χ0n) is 15.4. The molecule has 3 rings (SSSR count). The van der Waals surface area contributed by atoms with Crippen LogP contribution in [0.25, 0.3) is 0 Å². The third kappa shape index (κ3) is 3.88. The number of fused-ring (bicyclic) bond motifs is 1. The van der Waals surface area contributed by atoms with Crippen LogP contribution in [0.3, 0.4) is 0 Å². The molecule has 2 aromatic rings. The topological polar surface area (TPSA) is 76.6 Å². The highest BCUT2D eigenvalue weighted by atomic mass is 32.2. The summed E-state index contributed by atoms with van der Waals surface area (Å²) in [5.41, 5.74) is 2.60. The van der Waals surface area contributed by atoms with Crippen LogP contribution in [0, 0.1) is 0 Å². The zero-order valence-corrected chi connectivity index (χ0v) is 16.2. The van der Waals surface area contributed by atoms with Gasteiger partial charge in [-0.05, 0) is 55.5 Å². The largest absolute Gasteiger partial charge is 0.451 e. The van der Waals surface area contributed by atoms with Crippen LogP contribution in [-0.4, -0.2) is 41.5 Å². The number of rotatable bonds is 5. The number of carbonyl (C=O) groups is 3. The summed E-state index contributed by atoms with van der Waals surface area (Å²) in [6.45, 7) is 3.70. The summed E-state index contributed by atoms with van der Waals surface area (Å²) < 4.78 is 5.37. The van der Waals surface area contributed by atoms with Crippen molar-refractivity contribution in [2.24, 2.45) is 0 Å². The van der Waals surface area contributed by atoms with Gasteiger partial charge in [-0.2, -0.15) is 0 Å². The van der Waals surface area contributed by atoms with Gasteiger partial charge in [0, 0.05) is 30.9 Å². The monoisotopic (exact) mass is 384 g/mol. The lowest BCUT2D eigenvalue weighted by Crippen LogP contribution is -2.26. The van der Waals surface area contributed by atoms with Crippen LogP contribution in [-0.2, 0) is 16.0 Å². The van der Waals surface area contributed by atoms with Crippen LogP contribution in [0.1, 0.15) is 40.1 Å². The Kier molecular flexibility index (Phi) is 5.60. The number of carbonyl (C=O) groups excluding carboxylic acids is 3. The number of pyridine rings is 1. The molecule has 7 heteroatoms. The van der Waals surface area contributed by atoms with Crippen molar-refractivity contribution in [3.8, 4) is 0 Å². The first-order chi connectivity index (χ1) is 12.9. The normalized spacial score (nSPS) is 13.8. The fourth-order valence-electron chi connectivity index (χ4n) is 3.10. The minimum absolute atomic E-state index is 0.0174. The molecule has 0 N–H and O–H groups in total. The van der Waals surface area contributed by atoms with Gasteiger partial charge in [0.2, 0.25) is 11.7 Å². The molecule has 1 aliphatic heterocycles. The van der Waals surface area contributed by atoms with Gasteiger partial charge >= 0.3 is 5.97 Å². The molecule has 0 bridgehead atoms. The number of esters is 1. The van der Waals surface area contributed by atoms with E-state index in [0.29, 0.717) is 29.1 Å². The third-order valence-electron chi connectivity index (χ3n) is 4.48. The Balaban J connectivity index is 1.74. The van der Waals surface area contributed by atoms with Crippen LogP contribution in [0.15, 0.2) is 41.6 Å². The van der Waals surface area contributed by atoms with Crippen molar-refractivity contribution in [3.63, 3.8) is 0 Å². The molecule has 0 radical (unpaired) electrons. The Morgan fingerprint density at radius 2 is 2.04 bits per heavy atom. The minimum atomic E-state index is -0.921. The smallest absolute Gasteiger partial charge is 0.341 e. The number of thioether (sulfide) groups is 1. The Bertz CT molecular complexity index is 913. The molecular formula is C20H20N2O4S. The summed E-state index contributed by atoms with van der Waals surface area (Å²) >= 11 is 1.34. The molecule has 1 aliphatic rings. The molecule has 1 atom stereocenters. The molecule has 1 amide bonds. The van der Waals surface area contributed by atoms with Gasteiger partial charge in [-0.3, -0.25) is 9.59 Å². The highest BCUT2D eigenvalue weighted by Gasteiger charge is 2.26. The average Bonchev–Trinajstić information content (AvgIpc) is 3.10. The van der Waals surface area contributed by atoms with Crippen LogP contribution in [0.5, 0.6) is 0 Å². The summed E-state index contributed by atoms with van der Waals surface area (Å²) in [6, 6.07) is 8.51. The molecular weight excluding hydrogens is 364 g/mol. The standard InChI is InChI=1S/C20H20N2O4S/c1-12(26-20(25)16-5-4-9-21-19(16)27-3)18(24)15-6-7-17-14(11-15)8-10-22(17)13(2)23/h4-7,9,11-12H,8,10H2,1-3H3. The van der Waals surface area contributed by atoms with Gasteiger partial charge in [0.15, 0.2) is 6.10 Å². The van der Waals surface area contributed by atoms with E-state index < -0.39 is 12.1 Å². The Labute approximate surface area is 161 Å². The second-order valence-corrected chi connectivity index (χ2v) is 7.03. The summed E-state index contributed by atoms with van der Waals surface area (Å²) in [5.74, 6) is -0.865. The van der Waals surface area contributed by atoms with Gasteiger partial charge in [-0.25, -0.2) is 9.78 Å². The quantitative estimate of drug-likeness (QED) is 0.448. The molecule has 0 fully saturated rings. The second kappa shape index (κ2) is 7.92. The van der Waals surface area contributed by atoms with Gasteiger partial charge in [0.05, 0.1) is 5.56 Å². The van der Waals surface area contributed by atoms with E-state index in [0.717, 1.165) is 11.3 Å². The van der Waals surface area contributed by atoms with Crippen LogP contribution >= 0.6 is 11.8 Å². The van der Waals surface area contributed by atoms with Crippen molar-refractivity contribution in [1.82, 2.24) is 4.98 Å². The maximum absolute atomic E-state index is 12.7. The van der Waals surface area contributed by atoms with E-state index >= 15 is 0 Å². The number of amides is 1. The number of hydrogen-bond acceptors (Lipinski definition) is 6. The van der Waals surface area contributed by atoms with Crippen LogP contribution < -0.4 is 4.90 Å². The van der Waals surface area contributed by atoms with E-state index in [4.69, 9.17) is 4.74 Å². The number of aromatic nitrogens is 1. The Morgan fingerprint density at radius 3 is 2.74 bits per heavy atom. The lowest BCUT2D eigenvalue weighted by atomic mass is 10.0. The van der Waals surface area contributed by atoms with E-state index in [1.165, 1.54) is 18.7 Å². The number of benzene rings is 1. The lowest BCUT2D eigenvalue weighted by Gasteiger charge is -2.16. The Hall–Kier alpha value is -2.67. The second-order valence-electron chi connectivity index (χ2n) is 6.24. The van der Waals surface area contributed by atoms with Crippen molar-refractivity contribution >= 4 is 35.1 Å². The maximum atomic E-state index is 12.7. The predicted molar refractivity (Wildman–Crippen MR) is 103 cm³/mol. The van der Waals surface area contributed by atoms with E-state index in [1.54, 1.807) is 48.4 Å². The first-order valence-corrected chi connectivity index (χ1v) is 9.80. The molecule has 1 aromatic carbocycles. The SMILES string of the molecule is CSc1ncccc1C(=O)OC(C)C(=O)c1ccc2c(c1)CCN2C(C)=O. The summed E-state index contributed by atoms with van der Waals surface area (Å²) in [7, 11) is 0. The summed E-state index contributed by atoms with van der Waals surface area (Å²) in [6.07, 6.45) is 3.21. The van der Waals surface area contributed by atoms with Gasteiger partial charge < -0.3 is 9.64 Å². The summed E-state index contributed by atoms with van der Waals surface area (Å²) in [5, 5.41) is 0.559. The number of ether oxygens (including phenoxy) is 1. The molecule has 1 aromatic heterocycles. The maximum Gasteiger partial charge on any atom is 0.341 e. The first kappa shape index (κ1) is 19.1. The van der Waals surface area contributed by atoms with Gasteiger partial charge in [0.25, 0.3) is 0 Å². The number of nitrogens with zero attached hydrogens (tertiary/aromatic N) is 2. The van der Waals surface area contributed by atoms with Crippen molar-refractivity contribution in [3.05, 3.63) is 53.2 Å². The minimum Gasteiger partial charge on any atom is -0.451 e. The van der Waals surface area contributed by atoms with Gasteiger partial charge in [-0.1, -0.05) is 0 Å². The highest BCUT2D eigenvalue weighted by Crippen LogP contribution is 2.29. The van der Waals surface area contributed by atoms with E-state index in [1.807, 2.05) is 6.26 Å². The average molecular weight is 384 g/mol. The first-order valence-electron chi connectivity index (χ1n) is 8.57. The number of hydrogen-bond donors (Lipinski definition) is 0. The zero-order chi connectivity index (χ0) is 19.6. The lowest BCUT2D eigenvalue weighted by molar-refractivity contribution is -0.116. The number of Topliss-reactive ketones (excluding diaryl/α,β-unsaturated/α-hetero) is 1. The fraction of sp³-hybridized carbons (Fsp3) is 0.300. The predicted octanol–water partition coefficient (Wildman–Crippen LogP) is 3.14. The van der Waals surface area contributed by atoms with Crippen molar-refractivity contribution < 1.29 is 19.1 Å². The van der Waals surface area contributed by atoms with Crippen LogP contribution in [0.2, 0.25) is 0 Å².